The average molecular weight is 215 g/mol. The minimum absolute atomic E-state index is 0.0885. The molecule has 0 unspecified atom stereocenters. The molecular weight excluding hydrogens is 194 g/mol. The second kappa shape index (κ2) is 6.33. The lowest BCUT2D eigenvalue weighted by molar-refractivity contribution is 0.327. The summed E-state index contributed by atoms with van der Waals surface area (Å²) in [6.45, 7) is 4.24. The standard InChI is InChI=1S/C15H21N/c1-3-15(4-2,13-16)12-8-11-14-9-6-5-7-10-14/h5-7,9-10H,3-4,8,11-12H2,1-2H3. The molecule has 0 fully saturated rings. The summed E-state index contributed by atoms with van der Waals surface area (Å²) in [6.07, 6.45) is 5.15. The number of aryl methyl sites for hydroxylation is 1. The highest BCUT2D eigenvalue weighted by Gasteiger charge is 2.24. The second-order valence-corrected chi connectivity index (χ2v) is 4.44. The van der Waals surface area contributed by atoms with Gasteiger partial charge in [0.15, 0.2) is 0 Å². The highest BCUT2D eigenvalue weighted by molar-refractivity contribution is 5.14. The van der Waals surface area contributed by atoms with Crippen LogP contribution in [0.2, 0.25) is 0 Å². The zero-order chi connectivity index (χ0) is 11.9. The summed E-state index contributed by atoms with van der Waals surface area (Å²) in [4.78, 5) is 0. The van der Waals surface area contributed by atoms with Crippen LogP contribution in [0.4, 0.5) is 0 Å². The van der Waals surface area contributed by atoms with Gasteiger partial charge in [-0.25, -0.2) is 0 Å². The largest absolute Gasteiger partial charge is 0.198 e. The SMILES string of the molecule is CCC(C#N)(CC)CCCc1ccccc1. The number of benzene rings is 1. The fraction of sp³-hybridized carbons (Fsp3) is 0.533. The Morgan fingerprint density at radius 1 is 1.12 bits per heavy atom. The molecule has 1 nitrogen and oxygen atoms in total. The predicted molar refractivity (Wildman–Crippen MR) is 68.0 cm³/mol. The van der Waals surface area contributed by atoms with Crippen molar-refractivity contribution < 1.29 is 0 Å². The summed E-state index contributed by atoms with van der Waals surface area (Å²) in [5.41, 5.74) is 1.29. The van der Waals surface area contributed by atoms with Gasteiger partial charge in [-0.1, -0.05) is 44.2 Å². The molecule has 86 valence electrons. The van der Waals surface area contributed by atoms with E-state index in [1.54, 1.807) is 0 Å². The van der Waals surface area contributed by atoms with Crippen LogP contribution in [-0.2, 0) is 6.42 Å². The van der Waals surface area contributed by atoms with Crippen LogP contribution in [0.5, 0.6) is 0 Å². The molecule has 0 atom stereocenters. The van der Waals surface area contributed by atoms with Crippen molar-refractivity contribution in [2.45, 2.75) is 46.0 Å². The van der Waals surface area contributed by atoms with Crippen molar-refractivity contribution in [3.8, 4) is 6.07 Å². The molecule has 0 aliphatic carbocycles. The molecule has 0 heterocycles. The third kappa shape index (κ3) is 3.38. The Bertz CT molecular complexity index is 330. The Morgan fingerprint density at radius 2 is 1.75 bits per heavy atom. The molecule has 1 aromatic carbocycles. The maximum atomic E-state index is 9.22. The van der Waals surface area contributed by atoms with Gasteiger partial charge in [-0.15, -0.1) is 0 Å². The van der Waals surface area contributed by atoms with Gasteiger partial charge in [0.05, 0.1) is 11.5 Å². The van der Waals surface area contributed by atoms with Gasteiger partial charge in [-0.05, 0) is 37.7 Å². The van der Waals surface area contributed by atoms with Crippen LogP contribution in [0.3, 0.4) is 0 Å². The van der Waals surface area contributed by atoms with Crippen molar-refractivity contribution in [1.29, 1.82) is 5.26 Å². The lowest BCUT2D eigenvalue weighted by Gasteiger charge is -2.22. The van der Waals surface area contributed by atoms with Crippen LogP contribution in [0.15, 0.2) is 30.3 Å². The normalized spacial score (nSPS) is 11.1. The monoisotopic (exact) mass is 215 g/mol. The van der Waals surface area contributed by atoms with E-state index in [-0.39, 0.29) is 5.41 Å². The van der Waals surface area contributed by atoms with E-state index in [0.717, 1.165) is 32.1 Å². The first kappa shape index (κ1) is 12.8. The van der Waals surface area contributed by atoms with Gasteiger partial charge in [-0.2, -0.15) is 5.26 Å². The smallest absolute Gasteiger partial charge is 0.0689 e. The molecule has 16 heavy (non-hydrogen) atoms. The van der Waals surface area contributed by atoms with Gasteiger partial charge in [0.1, 0.15) is 0 Å². The van der Waals surface area contributed by atoms with Gasteiger partial charge in [0, 0.05) is 0 Å². The van der Waals surface area contributed by atoms with Crippen LogP contribution < -0.4 is 0 Å². The van der Waals surface area contributed by atoms with Crippen LogP contribution >= 0.6 is 0 Å². The zero-order valence-electron chi connectivity index (χ0n) is 10.4. The van der Waals surface area contributed by atoms with Gasteiger partial charge in [0.25, 0.3) is 0 Å². The predicted octanol–water partition coefficient (Wildman–Crippen LogP) is 4.34. The first-order chi connectivity index (χ1) is 7.76. The van der Waals surface area contributed by atoms with Gasteiger partial charge in [-0.3, -0.25) is 0 Å². The number of rotatable bonds is 6. The Labute approximate surface area is 99.1 Å². The molecule has 1 aromatic rings. The molecular formula is C15H21N. The Morgan fingerprint density at radius 3 is 2.25 bits per heavy atom. The Hall–Kier alpha value is -1.29. The van der Waals surface area contributed by atoms with Crippen molar-refractivity contribution >= 4 is 0 Å². The van der Waals surface area contributed by atoms with Crippen LogP contribution in [0, 0.1) is 16.7 Å². The van der Waals surface area contributed by atoms with E-state index in [2.05, 4.69) is 44.2 Å². The lowest BCUT2D eigenvalue weighted by Crippen LogP contribution is -2.16. The van der Waals surface area contributed by atoms with E-state index in [1.165, 1.54) is 5.56 Å². The van der Waals surface area contributed by atoms with Crippen LogP contribution in [-0.4, -0.2) is 0 Å². The van der Waals surface area contributed by atoms with E-state index >= 15 is 0 Å². The van der Waals surface area contributed by atoms with Crippen molar-refractivity contribution in [2.75, 3.05) is 0 Å². The highest BCUT2D eigenvalue weighted by Crippen LogP contribution is 2.31. The third-order valence-corrected chi connectivity index (χ3v) is 3.55. The number of nitriles is 1. The summed E-state index contributed by atoms with van der Waals surface area (Å²) in [5, 5.41) is 9.22. The van der Waals surface area contributed by atoms with Crippen molar-refractivity contribution in [1.82, 2.24) is 0 Å². The topological polar surface area (TPSA) is 23.8 Å². The summed E-state index contributed by atoms with van der Waals surface area (Å²) in [5.74, 6) is 0. The maximum Gasteiger partial charge on any atom is 0.0689 e. The first-order valence-corrected chi connectivity index (χ1v) is 6.21. The van der Waals surface area contributed by atoms with E-state index in [9.17, 15) is 5.26 Å². The minimum Gasteiger partial charge on any atom is -0.198 e. The Balaban J connectivity index is 2.43. The minimum atomic E-state index is -0.0885. The van der Waals surface area contributed by atoms with E-state index in [0.29, 0.717) is 0 Å². The molecule has 0 amide bonds. The zero-order valence-corrected chi connectivity index (χ0v) is 10.4. The molecule has 0 aliphatic rings. The van der Waals surface area contributed by atoms with Gasteiger partial charge >= 0.3 is 0 Å². The third-order valence-electron chi connectivity index (χ3n) is 3.55. The molecule has 0 spiro atoms. The summed E-state index contributed by atoms with van der Waals surface area (Å²) in [7, 11) is 0. The molecule has 0 N–H and O–H groups in total. The van der Waals surface area contributed by atoms with E-state index < -0.39 is 0 Å². The lowest BCUT2D eigenvalue weighted by atomic mass is 9.79. The fourth-order valence-corrected chi connectivity index (χ4v) is 2.09. The molecule has 0 radical (unpaired) electrons. The molecule has 0 saturated carbocycles. The molecule has 1 heteroatoms. The Kier molecular flexibility index (Phi) is 5.05. The highest BCUT2D eigenvalue weighted by atomic mass is 14.4. The van der Waals surface area contributed by atoms with Crippen molar-refractivity contribution in [2.24, 2.45) is 5.41 Å². The molecule has 0 aliphatic heterocycles. The van der Waals surface area contributed by atoms with Crippen LogP contribution in [0.1, 0.15) is 45.1 Å². The van der Waals surface area contributed by atoms with Crippen molar-refractivity contribution in [3.05, 3.63) is 35.9 Å². The fourth-order valence-electron chi connectivity index (χ4n) is 2.09. The summed E-state index contributed by atoms with van der Waals surface area (Å²) >= 11 is 0. The van der Waals surface area contributed by atoms with Crippen LogP contribution in [0.25, 0.3) is 0 Å². The summed E-state index contributed by atoms with van der Waals surface area (Å²) < 4.78 is 0. The van der Waals surface area contributed by atoms with Crippen molar-refractivity contribution in [3.63, 3.8) is 0 Å². The van der Waals surface area contributed by atoms with Gasteiger partial charge in [0.2, 0.25) is 0 Å². The maximum absolute atomic E-state index is 9.22. The number of hydrogen-bond donors (Lipinski definition) is 0. The number of hydrogen-bond acceptors (Lipinski definition) is 1. The number of nitrogens with zero attached hydrogens (tertiary/aromatic N) is 1. The molecule has 0 bridgehead atoms. The molecule has 0 aromatic heterocycles. The van der Waals surface area contributed by atoms with E-state index in [1.807, 2.05) is 6.07 Å². The quantitative estimate of drug-likeness (QED) is 0.692. The second-order valence-electron chi connectivity index (χ2n) is 4.44. The molecule has 1 rings (SSSR count). The summed E-state index contributed by atoms with van der Waals surface area (Å²) in [6, 6.07) is 13.0. The van der Waals surface area contributed by atoms with Gasteiger partial charge < -0.3 is 0 Å². The first-order valence-electron chi connectivity index (χ1n) is 6.21. The molecule has 0 saturated heterocycles. The van der Waals surface area contributed by atoms with E-state index in [4.69, 9.17) is 0 Å². The average Bonchev–Trinajstić information content (AvgIpc) is 2.37.